The van der Waals surface area contributed by atoms with E-state index in [2.05, 4.69) is 56.4 Å². The average Bonchev–Trinajstić information content (AvgIpc) is 2.85. The van der Waals surface area contributed by atoms with Crippen molar-refractivity contribution in [2.24, 2.45) is 5.92 Å². The fraction of sp³-hybridized carbons (Fsp3) is 0.600. The predicted octanol–water partition coefficient (Wildman–Crippen LogP) is 2.90. The lowest BCUT2D eigenvalue weighted by Crippen LogP contribution is -2.26. The van der Waals surface area contributed by atoms with Crippen LogP contribution in [0.2, 0.25) is 0 Å². The van der Waals surface area contributed by atoms with Crippen LogP contribution in [0.5, 0.6) is 0 Å². The van der Waals surface area contributed by atoms with Crippen LogP contribution in [0.15, 0.2) is 18.2 Å². The van der Waals surface area contributed by atoms with E-state index in [0.717, 1.165) is 13.2 Å². The van der Waals surface area contributed by atoms with E-state index in [1.807, 2.05) is 0 Å². The van der Waals surface area contributed by atoms with Crippen molar-refractivity contribution in [2.75, 3.05) is 37.5 Å². The molecule has 100 valence electrons. The van der Waals surface area contributed by atoms with Crippen LogP contribution in [0, 0.1) is 12.8 Å². The zero-order valence-electron chi connectivity index (χ0n) is 11.9. The summed E-state index contributed by atoms with van der Waals surface area (Å²) in [6, 6.07) is 6.89. The lowest BCUT2D eigenvalue weighted by atomic mass is 10.00. The minimum absolute atomic E-state index is 0.462. The maximum absolute atomic E-state index is 5.46. The van der Waals surface area contributed by atoms with E-state index in [1.54, 1.807) is 0 Å². The highest BCUT2D eigenvalue weighted by Gasteiger charge is 2.22. The topological polar surface area (TPSA) is 24.5 Å². The summed E-state index contributed by atoms with van der Waals surface area (Å²) >= 11 is 0. The van der Waals surface area contributed by atoms with Gasteiger partial charge >= 0.3 is 0 Å². The number of hydrogen-bond acceptors (Lipinski definition) is 3. The number of nitrogens with zero attached hydrogens (tertiary/aromatic N) is 1. The lowest BCUT2D eigenvalue weighted by molar-refractivity contribution is 0.183. The van der Waals surface area contributed by atoms with Gasteiger partial charge in [-0.3, -0.25) is 0 Å². The molecule has 1 aliphatic heterocycles. The molecule has 1 aromatic rings. The van der Waals surface area contributed by atoms with Crippen LogP contribution in [-0.2, 0) is 4.74 Å². The number of nitrogens with one attached hydrogen (secondary N) is 1. The first-order valence-electron chi connectivity index (χ1n) is 6.71. The molecular weight excluding hydrogens is 224 g/mol. The highest BCUT2D eigenvalue weighted by molar-refractivity contribution is 5.65. The first-order chi connectivity index (χ1) is 8.59. The Labute approximate surface area is 110 Å². The van der Waals surface area contributed by atoms with E-state index in [-0.39, 0.29) is 0 Å². The minimum Gasteiger partial charge on any atom is -0.382 e. The molecule has 1 aliphatic rings. The second-order valence-electron chi connectivity index (χ2n) is 5.40. The van der Waals surface area contributed by atoms with Gasteiger partial charge in [0.1, 0.15) is 0 Å². The Morgan fingerprint density at radius 3 is 2.78 bits per heavy atom. The van der Waals surface area contributed by atoms with Crippen LogP contribution in [0.25, 0.3) is 0 Å². The molecule has 3 heteroatoms. The average molecular weight is 248 g/mol. The van der Waals surface area contributed by atoms with Crippen LogP contribution in [-0.4, -0.2) is 33.4 Å². The van der Waals surface area contributed by atoms with Gasteiger partial charge in [-0.25, -0.2) is 0 Å². The summed E-state index contributed by atoms with van der Waals surface area (Å²) in [6.45, 7) is 6.23. The summed E-state index contributed by atoms with van der Waals surface area (Å²) in [5, 5.41) is 3.64. The summed E-state index contributed by atoms with van der Waals surface area (Å²) in [5.74, 6) is 0.632. The largest absolute Gasteiger partial charge is 0.382 e. The normalized spacial score (nSPS) is 20.8. The van der Waals surface area contributed by atoms with Gasteiger partial charge in [-0.2, -0.15) is 0 Å². The maximum atomic E-state index is 5.46. The van der Waals surface area contributed by atoms with Crippen molar-refractivity contribution >= 4 is 11.4 Å². The molecule has 0 aliphatic carbocycles. The number of rotatable bonds is 4. The van der Waals surface area contributed by atoms with E-state index in [4.69, 9.17) is 4.74 Å². The second-order valence-corrected chi connectivity index (χ2v) is 5.40. The van der Waals surface area contributed by atoms with Gasteiger partial charge in [0.05, 0.1) is 6.61 Å². The fourth-order valence-corrected chi connectivity index (χ4v) is 2.57. The molecule has 2 atom stereocenters. The predicted molar refractivity (Wildman–Crippen MR) is 77.5 cm³/mol. The number of anilines is 2. The molecule has 0 amide bonds. The SMILES string of the molecule is Cc1c(N[C@H](C)[C@@H]2CCOC2)cccc1N(C)C. The second kappa shape index (κ2) is 5.61. The van der Waals surface area contributed by atoms with Crippen molar-refractivity contribution in [1.29, 1.82) is 0 Å². The van der Waals surface area contributed by atoms with Gasteiger partial charge in [0.25, 0.3) is 0 Å². The van der Waals surface area contributed by atoms with Crippen molar-refractivity contribution in [1.82, 2.24) is 0 Å². The monoisotopic (exact) mass is 248 g/mol. The Bertz CT molecular complexity index is 397. The van der Waals surface area contributed by atoms with Crippen LogP contribution in [0.4, 0.5) is 11.4 Å². The van der Waals surface area contributed by atoms with Crippen molar-refractivity contribution < 1.29 is 4.74 Å². The molecule has 2 rings (SSSR count). The quantitative estimate of drug-likeness (QED) is 0.886. The molecule has 1 saturated heterocycles. The summed E-state index contributed by atoms with van der Waals surface area (Å²) in [4.78, 5) is 2.16. The van der Waals surface area contributed by atoms with Gasteiger partial charge < -0.3 is 15.0 Å². The summed E-state index contributed by atoms with van der Waals surface area (Å²) < 4.78 is 5.46. The third kappa shape index (κ3) is 2.78. The molecule has 0 unspecified atom stereocenters. The fourth-order valence-electron chi connectivity index (χ4n) is 2.57. The summed E-state index contributed by atoms with van der Waals surface area (Å²) in [6.07, 6.45) is 1.17. The molecule has 0 bridgehead atoms. The molecule has 1 N–H and O–H groups in total. The molecular formula is C15H24N2O. The molecule has 1 aromatic carbocycles. The van der Waals surface area contributed by atoms with E-state index >= 15 is 0 Å². The van der Waals surface area contributed by atoms with Gasteiger partial charge in [0.2, 0.25) is 0 Å². The number of benzene rings is 1. The lowest BCUT2D eigenvalue weighted by Gasteiger charge is -2.24. The number of hydrogen-bond donors (Lipinski definition) is 1. The Morgan fingerprint density at radius 1 is 1.39 bits per heavy atom. The first kappa shape index (κ1) is 13.2. The maximum Gasteiger partial charge on any atom is 0.0514 e. The standard InChI is InChI=1S/C15H24N2O/c1-11-14(6-5-7-15(11)17(3)4)16-12(2)13-8-9-18-10-13/h5-7,12-13,16H,8-10H2,1-4H3/t12-,13-/m1/s1. The van der Waals surface area contributed by atoms with Gasteiger partial charge in [0.15, 0.2) is 0 Å². The van der Waals surface area contributed by atoms with Crippen LogP contribution < -0.4 is 10.2 Å². The molecule has 18 heavy (non-hydrogen) atoms. The van der Waals surface area contributed by atoms with Crippen molar-refractivity contribution in [3.8, 4) is 0 Å². The van der Waals surface area contributed by atoms with Crippen LogP contribution in [0.1, 0.15) is 18.9 Å². The Balaban J connectivity index is 2.11. The molecule has 3 nitrogen and oxygen atoms in total. The Hall–Kier alpha value is -1.22. The van der Waals surface area contributed by atoms with Gasteiger partial charge in [-0.15, -0.1) is 0 Å². The third-order valence-electron chi connectivity index (χ3n) is 3.84. The highest BCUT2D eigenvalue weighted by atomic mass is 16.5. The van der Waals surface area contributed by atoms with E-state index in [1.165, 1.54) is 23.4 Å². The molecule has 1 fully saturated rings. The van der Waals surface area contributed by atoms with Crippen molar-refractivity contribution in [3.05, 3.63) is 23.8 Å². The van der Waals surface area contributed by atoms with Crippen LogP contribution >= 0.6 is 0 Å². The number of ether oxygens (including phenoxy) is 1. The first-order valence-corrected chi connectivity index (χ1v) is 6.71. The zero-order chi connectivity index (χ0) is 13.1. The van der Waals surface area contributed by atoms with Crippen molar-refractivity contribution in [3.63, 3.8) is 0 Å². The van der Waals surface area contributed by atoms with Gasteiger partial charge in [-0.1, -0.05) is 6.07 Å². The van der Waals surface area contributed by atoms with Gasteiger partial charge in [0, 0.05) is 44.0 Å². The van der Waals surface area contributed by atoms with Crippen LogP contribution in [0.3, 0.4) is 0 Å². The molecule has 1 heterocycles. The van der Waals surface area contributed by atoms with Crippen molar-refractivity contribution in [2.45, 2.75) is 26.3 Å². The smallest absolute Gasteiger partial charge is 0.0514 e. The minimum atomic E-state index is 0.462. The van der Waals surface area contributed by atoms with E-state index in [9.17, 15) is 0 Å². The third-order valence-corrected chi connectivity index (χ3v) is 3.84. The molecule has 0 aromatic heterocycles. The zero-order valence-corrected chi connectivity index (χ0v) is 11.9. The van der Waals surface area contributed by atoms with E-state index in [0.29, 0.717) is 12.0 Å². The Morgan fingerprint density at radius 2 is 2.17 bits per heavy atom. The molecule has 0 radical (unpaired) electrons. The Kier molecular flexibility index (Phi) is 4.12. The summed E-state index contributed by atoms with van der Waals surface area (Å²) in [5.41, 5.74) is 3.82. The summed E-state index contributed by atoms with van der Waals surface area (Å²) in [7, 11) is 4.17. The van der Waals surface area contributed by atoms with Gasteiger partial charge in [-0.05, 0) is 38.0 Å². The highest BCUT2D eigenvalue weighted by Crippen LogP contribution is 2.27. The molecule has 0 spiro atoms. The van der Waals surface area contributed by atoms with E-state index < -0.39 is 0 Å². The molecule has 0 saturated carbocycles.